The lowest BCUT2D eigenvalue weighted by molar-refractivity contribution is 0.0668. The molecule has 0 unspecified atom stereocenters. The molecule has 3 rings (SSSR count). The third-order valence-electron chi connectivity index (χ3n) is 5.06. The predicted molar refractivity (Wildman–Crippen MR) is 97.5 cm³/mol. The minimum atomic E-state index is -0.0372. The van der Waals surface area contributed by atoms with Crippen molar-refractivity contribution >= 4 is 5.91 Å². The number of amides is 1. The van der Waals surface area contributed by atoms with E-state index in [1.54, 1.807) is 0 Å². The SMILES string of the molecule is Cc1ncoc1C(=O)N(CCc1ccccc1)CC1CCN(C)CC1. The molecule has 1 aliphatic rings. The van der Waals surface area contributed by atoms with E-state index in [1.807, 2.05) is 30.0 Å². The topological polar surface area (TPSA) is 49.6 Å². The second-order valence-electron chi connectivity index (χ2n) is 7.00. The van der Waals surface area contributed by atoms with Gasteiger partial charge in [0.05, 0.1) is 5.69 Å². The molecule has 25 heavy (non-hydrogen) atoms. The molecule has 2 aromatic rings. The number of rotatable bonds is 6. The van der Waals surface area contributed by atoms with Crippen molar-refractivity contribution in [1.29, 1.82) is 0 Å². The maximum atomic E-state index is 13.0. The van der Waals surface area contributed by atoms with E-state index in [-0.39, 0.29) is 5.91 Å². The standard InChI is InChI=1S/C20H27N3O2/c1-16-19(25-15-21-16)20(24)23(13-10-17-6-4-3-5-7-17)14-18-8-11-22(2)12-9-18/h3-7,15,18H,8-14H2,1-2H3. The van der Waals surface area contributed by atoms with Gasteiger partial charge in [-0.2, -0.15) is 0 Å². The van der Waals surface area contributed by atoms with Crippen molar-refractivity contribution in [3.8, 4) is 0 Å². The Morgan fingerprint density at radius 1 is 1.28 bits per heavy atom. The molecule has 1 aromatic carbocycles. The first kappa shape index (κ1) is 17.7. The van der Waals surface area contributed by atoms with Gasteiger partial charge in [0.25, 0.3) is 5.91 Å². The molecule has 1 aromatic heterocycles. The smallest absolute Gasteiger partial charge is 0.291 e. The highest BCUT2D eigenvalue weighted by molar-refractivity contribution is 5.92. The molecule has 0 saturated carbocycles. The largest absolute Gasteiger partial charge is 0.438 e. The van der Waals surface area contributed by atoms with E-state index in [1.165, 1.54) is 12.0 Å². The summed E-state index contributed by atoms with van der Waals surface area (Å²) in [6, 6.07) is 10.3. The van der Waals surface area contributed by atoms with Crippen LogP contribution in [-0.4, -0.2) is 53.9 Å². The number of likely N-dealkylation sites (tertiary alicyclic amines) is 1. The van der Waals surface area contributed by atoms with E-state index in [0.717, 1.165) is 38.9 Å². The molecule has 0 bridgehead atoms. The van der Waals surface area contributed by atoms with Gasteiger partial charge in [0, 0.05) is 13.1 Å². The lowest BCUT2D eigenvalue weighted by Crippen LogP contribution is -2.41. The van der Waals surface area contributed by atoms with Crippen LogP contribution in [0.4, 0.5) is 0 Å². The molecule has 5 nitrogen and oxygen atoms in total. The average Bonchev–Trinajstić information content (AvgIpc) is 3.06. The fourth-order valence-corrected chi connectivity index (χ4v) is 3.39. The van der Waals surface area contributed by atoms with Crippen molar-refractivity contribution in [2.75, 3.05) is 33.2 Å². The summed E-state index contributed by atoms with van der Waals surface area (Å²) in [5.41, 5.74) is 1.91. The summed E-state index contributed by atoms with van der Waals surface area (Å²) in [7, 11) is 2.16. The molecule has 0 radical (unpaired) electrons. The zero-order chi connectivity index (χ0) is 17.6. The number of hydrogen-bond donors (Lipinski definition) is 0. The zero-order valence-electron chi connectivity index (χ0n) is 15.1. The number of carbonyl (C=O) groups excluding carboxylic acids is 1. The number of nitrogens with zero attached hydrogens (tertiary/aromatic N) is 3. The Balaban J connectivity index is 1.68. The van der Waals surface area contributed by atoms with Gasteiger partial charge >= 0.3 is 0 Å². The van der Waals surface area contributed by atoms with Crippen molar-refractivity contribution in [2.24, 2.45) is 5.92 Å². The van der Waals surface area contributed by atoms with Crippen LogP contribution in [-0.2, 0) is 6.42 Å². The average molecular weight is 341 g/mol. The quantitative estimate of drug-likeness (QED) is 0.810. The summed E-state index contributed by atoms with van der Waals surface area (Å²) >= 11 is 0. The number of carbonyl (C=O) groups is 1. The summed E-state index contributed by atoms with van der Waals surface area (Å²) < 4.78 is 5.35. The molecular formula is C20H27N3O2. The number of oxazole rings is 1. The van der Waals surface area contributed by atoms with Crippen molar-refractivity contribution in [2.45, 2.75) is 26.2 Å². The van der Waals surface area contributed by atoms with Gasteiger partial charge in [0.2, 0.25) is 5.76 Å². The molecule has 1 saturated heterocycles. The van der Waals surface area contributed by atoms with E-state index in [9.17, 15) is 4.79 Å². The van der Waals surface area contributed by atoms with Gasteiger partial charge in [-0.15, -0.1) is 0 Å². The summed E-state index contributed by atoms with van der Waals surface area (Å²) in [5, 5.41) is 0. The first-order valence-electron chi connectivity index (χ1n) is 9.05. The maximum absolute atomic E-state index is 13.0. The Morgan fingerprint density at radius 3 is 2.64 bits per heavy atom. The van der Waals surface area contributed by atoms with Crippen LogP contribution in [0.15, 0.2) is 41.1 Å². The lowest BCUT2D eigenvalue weighted by Gasteiger charge is -2.33. The highest BCUT2D eigenvalue weighted by atomic mass is 16.3. The monoisotopic (exact) mass is 341 g/mol. The van der Waals surface area contributed by atoms with E-state index in [4.69, 9.17) is 4.42 Å². The Hall–Kier alpha value is -2.14. The number of aryl methyl sites for hydroxylation is 1. The third-order valence-corrected chi connectivity index (χ3v) is 5.06. The van der Waals surface area contributed by atoms with E-state index < -0.39 is 0 Å². The van der Waals surface area contributed by atoms with Crippen molar-refractivity contribution in [3.63, 3.8) is 0 Å². The van der Waals surface area contributed by atoms with Crippen LogP contribution in [0.5, 0.6) is 0 Å². The molecular weight excluding hydrogens is 314 g/mol. The van der Waals surface area contributed by atoms with E-state index in [0.29, 0.717) is 23.9 Å². The molecule has 1 aliphatic heterocycles. The number of benzene rings is 1. The summed E-state index contributed by atoms with van der Waals surface area (Å²) in [5.74, 6) is 0.894. The van der Waals surface area contributed by atoms with Crippen LogP contribution in [0.2, 0.25) is 0 Å². The van der Waals surface area contributed by atoms with Gasteiger partial charge in [0.1, 0.15) is 0 Å². The van der Waals surface area contributed by atoms with Crippen LogP contribution >= 0.6 is 0 Å². The Bertz CT molecular complexity index is 675. The van der Waals surface area contributed by atoms with Crippen LogP contribution in [0.3, 0.4) is 0 Å². The molecule has 134 valence electrons. The van der Waals surface area contributed by atoms with Crippen molar-refractivity contribution in [3.05, 3.63) is 53.7 Å². The second-order valence-corrected chi connectivity index (χ2v) is 7.00. The summed E-state index contributed by atoms with van der Waals surface area (Å²) in [6.07, 6.45) is 4.49. The van der Waals surface area contributed by atoms with Crippen molar-refractivity contribution in [1.82, 2.24) is 14.8 Å². The summed E-state index contributed by atoms with van der Waals surface area (Å²) in [4.78, 5) is 21.4. The first-order chi connectivity index (χ1) is 12.1. The first-order valence-corrected chi connectivity index (χ1v) is 9.05. The normalized spacial score (nSPS) is 16.1. The van der Waals surface area contributed by atoms with Crippen LogP contribution in [0.1, 0.15) is 34.7 Å². The maximum Gasteiger partial charge on any atom is 0.291 e. The number of aromatic nitrogens is 1. The molecule has 1 fully saturated rings. The van der Waals surface area contributed by atoms with Crippen molar-refractivity contribution < 1.29 is 9.21 Å². The van der Waals surface area contributed by atoms with Gasteiger partial charge in [-0.3, -0.25) is 4.79 Å². The molecule has 0 atom stereocenters. The number of piperidine rings is 1. The van der Waals surface area contributed by atoms with Crippen LogP contribution in [0, 0.1) is 12.8 Å². The van der Waals surface area contributed by atoms with Gasteiger partial charge < -0.3 is 14.2 Å². The van der Waals surface area contributed by atoms with Gasteiger partial charge in [0.15, 0.2) is 6.39 Å². The fourth-order valence-electron chi connectivity index (χ4n) is 3.39. The van der Waals surface area contributed by atoms with Crippen LogP contribution in [0.25, 0.3) is 0 Å². The zero-order valence-corrected chi connectivity index (χ0v) is 15.1. The fraction of sp³-hybridized carbons (Fsp3) is 0.500. The molecule has 2 heterocycles. The minimum absolute atomic E-state index is 0.0372. The highest BCUT2D eigenvalue weighted by Crippen LogP contribution is 2.20. The van der Waals surface area contributed by atoms with E-state index >= 15 is 0 Å². The molecule has 5 heteroatoms. The van der Waals surface area contributed by atoms with Gasteiger partial charge in [-0.05, 0) is 57.8 Å². The predicted octanol–water partition coefficient (Wildman–Crippen LogP) is 3.01. The Kier molecular flexibility index (Phi) is 5.87. The highest BCUT2D eigenvalue weighted by Gasteiger charge is 2.26. The Morgan fingerprint density at radius 2 is 2.00 bits per heavy atom. The number of hydrogen-bond acceptors (Lipinski definition) is 4. The van der Waals surface area contributed by atoms with E-state index in [2.05, 4.69) is 29.1 Å². The van der Waals surface area contributed by atoms with Crippen LogP contribution < -0.4 is 0 Å². The summed E-state index contributed by atoms with van der Waals surface area (Å²) in [6.45, 7) is 5.52. The molecule has 0 N–H and O–H groups in total. The van der Waals surface area contributed by atoms with Gasteiger partial charge in [-0.1, -0.05) is 30.3 Å². The lowest BCUT2D eigenvalue weighted by atomic mass is 9.96. The third kappa shape index (κ3) is 4.69. The molecule has 0 aliphatic carbocycles. The van der Waals surface area contributed by atoms with Gasteiger partial charge in [-0.25, -0.2) is 4.98 Å². The molecule has 1 amide bonds. The second kappa shape index (κ2) is 8.30. The Labute approximate surface area is 149 Å². The minimum Gasteiger partial charge on any atom is -0.438 e. The molecule has 0 spiro atoms.